The van der Waals surface area contributed by atoms with Gasteiger partial charge in [-0.05, 0) is 61.9 Å². The number of benzene rings is 2. The van der Waals surface area contributed by atoms with Gasteiger partial charge in [0.1, 0.15) is 11.6 Å². The fraction of sp³-hybridized carbons (Fsp3) is 0.200. The zero-order valence-electron chi connectivity index (χ0n) is 13.9. The van der Waals surface area contributed by atoms with Crippen LogP contribution in [0.25, 0.3) is 0 Å². The minimum Gasteiger partial charge on any atom is -0.425 e. The van der Waals surface area contributed by atoms with Crippen LogP contribution in [0.15, 0.2) is 61.2 Å². The van der Waals surface area contributed by atoms with Crippen molar-refractivity contribution in [3.8, 4) is 5.75 Å². The molecule has 1 atom stereocenters. The summed E-state index contributed by atoms with van der Waals surface area (Å²) in [6.45, 7) is 5.58. The van der Waals surface area contributed by atoms with Crippen molar-refractivity contribution in [3.05, 3.63) is 78.1 Å². The molecule has 0 aliphatic rings. The summed E-state index contributed by atoms with van der Waals surface area (Å²) in [7, 11) is 0. The summed E-state index contributed by atoms with van der Waals surface area (Å²) < 4.78 is 23.4. The van der Waals surface area contributed by atoms with E-state index >= 15 is 0 Å². The van der Waals surface area contributed by atoms with Crippen LogP contribution >= 0.6 is 0 Å². The Hall–Kier alpha value is -2.79. The SMILES string of the molecule is C=CCCOC(C)C(=O)Oc1ccc(C(=O)c2ccc(F)cc2)cc1. The van der Waals surface area contributed by atoms with Crippen LogP contribution in [-0.4, -0.2) is 24.5 Å². The van der Waals surface area contributed by atoms with E-state index in [4.69, 9.17) is 9.47 Å². The molecule has 0 aromatic heterocycles. The Kier molecular flexibility index (Phi) is 6.60. The van der Waals surface area contributed by atoms with Gasteiger partial charge in [0.15, 0.2) is 11.9 Å². The average molecular weight is 342 g/mol. The minimum absolute atomic E-state index is 0.237. The van der Waals surface area contributed by atoms with Crippen LogP contribution in [0.5, 0.6) is 5.75 Å². The highest BCUT2D eigenvalue weighted by molar-refractivity contribution is 6.09. The maximum absolute atomic E-state index is 12.9. The standard InChI is InChI=1S/C20H19FO4/c1-3-4-13-24-14(2)20(23)25-18-11-7-16(8-12-18)19(22)15-5-9-17(21)10-6-15/h3,5-12,14H,1,4,13H2,2H3. The van der Waals surface area contributed by atoms with Crippen LogP contribution in [0.4, 0.5) is 4.39 Å². The third-order valence-corrected chi connectivity index (χ3v) is 3.46. The summed E-state index contributed by atoms with van der Waals surface area (Å²) in [5.41, 5.74) is 0.803. The molecule has 0 radical (unpaired) electrons. The Morgan fingerprint density at radius 3 is 2.20 bits per heavy atom. The highest BCUT2D eigenvalue weighted by Gasteiger charge is 2.16. The molecule has 25 heavy (non-hydrogen) atoms. The molecular formula is C20H19FO4. The van der Waals surface area contributed by atoms with Crippen molar-refractivity contribution in [1.29, 1.82) is 0 Å². The van der Waals surface area contributed by atoms with Crippen molar-refractivity contribution >= 4 is 11.8 Å². The van der Waals surface area contributed by atoms with E-state index in [1.54, 1.807) is 25.1 Å². The molecule has 0 heterocycles. The van der Waals surface area contributed by atoms with Crippen LogP contribution in [0.1, 0.15) is 29.3 Å². The van der Waals surface area contributed by atoms with Gasteiger partial charge < -0.3 is 9.47 Å². The second kappa shape index (κ2) is 8.89. The number of carbonyl (C=O) groups excluding carboxylic acids is 2. The van der Waals surface area contributed by atoms with Crippen LogP contribution < -0.4 is 4.74 Å². The van der Waals surface area contributed by atoms with Crippen molar-refractivity contribution < 1.29 is 23.5 Å². The second-order valence-electron chi connectivity index (χ2n) is 5.37. The van der Waals surface area contributed by atoms with Crippen molar-refractivity contribution in [2.75, 3.05) is 6.61 Å². The zero-order chi connectivity index (χ0) is 18.2. The van der Waals surface area contributed by atoms with Gasteiger partial charge in [-0.1, -0.05) is 6.08 Å². The molecule has 0 saturated carbocycles. The van der Waals surface area contributed by atoms with Crippen LogP contribution in [0.2, 0.25) is 0 Å². The van der Waals surface area contributed by atoms with Gasteiger partial charge in [0.25, 0.3) is 0 Å². The van der Waals surface area contributed by atoms with Gasteiger partial charge >= 0.3 is 5.97 Å². The van der Waals surface area contributed by atoms with Crippen molar-refractivity contribution in [2.24, 2.45) is 0 Å². The molecule has 130 valence electrons. The Labute approximate surface area is 145 Å². The molecular weight excluding hydrogens is 323 g/mol. The lowest BCUT2D eigenvalue weighted by Gasteiger charge is -2.12. The number of hydrogen-bond donors (Lipinski definition) is 0. The Morgan fingerprint density at radius 1 is 1.08 bits per heavy atom. The first-order chi connectivity index (χ1) is 12.0. The van der Waals surface area contributed by atoms with Gasteiger partial charge in [-0.25, -0.2) is 9.18 Å². The van der Waals surface area contributed by atoms with Crippen molar-refractivity contribution in [1.82, 2.24) is 0 Å². The third-order valence-electron chi connectivity index (χ3n) is 3.46. The molecule has 0 bridgehead atoms. The maximum atomic E-state index is 12.9. The van der Waals surface area contributed by atoms with E-state index in [2.05, 4.69) is 6.58 Å². The number of ketones is 1. The van der Waals surface area contributed by atoms with Gasteiger partial charge in [-0.2, -0.15) is 0 Å². The van der Waals surface area contributed by atoms with Gasteiger partial charge in [-0.15, -0.1) is 6.58 Å². The molecule has 2 rings (SSSR count). The van der Waals surface area contributed by atoms with Crippen LogP contribution in [0, 0.1) is 5.82 Å². The molecule has 0 aliphatic heterocycles. The number of rotatable bonds is 8. The van der Waals surface area contributed by atoms with Crippen LogP contribution in [-0.2, 0) is 9.53 Å². The zero-order valence-corrected chi connectivity index (χ0v) is 13.9. The number of esters is 1. The molecule has 0 saturated heterocycles. The molecule has 0 amide bonds. The van der Waals surface area contributed by atoms with E-state index in [1.807, 2.05) is 0 Å². The van der Waals surface area contributed by atoms with Crippen LogP contribution in [0.3, 0.4) is 0 Å². The molecule has 0 fully saturated rings. The Bertz CT molecular complexity index is 735. The average Bonchev–Trinajstić information content (AvgIpc) is 2.62. The lowest BCUT2D eigenvalue weighted by molar-refractivity contribution is -0.146. The topological polar surface area (TPSA) is 52.6 Å². The minimum atomic E-state index is -0.694. The van der Waals surface area contributed by atoms with Gasteiger partial charge in [0, 0.05) is 11.1 Å². The summed E-state index contributed by atoms with van der Waals surface area (Å²) in [5.74, 6) is -0.830. The largest absolute Gasteiger partial charge is 0.425 e. The lowest BCUT2D eigenvalue weighted by atomic mass is 10.0. The molecule has 2 aromatic carbocycles. The van der Waals surface area contributed by atoms with Gasteiger partial charge in [0.2, 0.25) is 0 Å². The molecule has 0 aliphatic carbocycles. The predicted molar refractivity (Wildman–Crippen MR) is 92.1 cm³/mol. The quantitative estimate of drug-likeness (QED) is 0.240. The first kappa shape index (κ1) is 18.5. The summed E-state index contributed by atoms with van der Waals surface area (Å²) in [4.78, 5) is 24.2. The normalized spacial score (nSPS) is 11.6. The number of ether oxygens (including phenoxy) is 2. The number of hydrogen-bond acceptors (Lipinski definition) is 4. The van der Waals surface area contributed by atoms with E-state index in [1.165, 1.54) is 36.4 Å². The molecule has 0 N–H and O–H groups in total. The maximum Gasteiger partial charge on any atom is 0.340 e. The fourth-order valence-electron chi connectivity index (χ4n) is 2.04. The van der Waals surface area contributed by atoms with Crippen molar-refractivity contribution in [2.45, 2.75) is 19.4 Å². The number of carbonyl (C=O) groups is 2. The van der Waals surface area contributed by atoms with E-state index in [0.717, 1.165) is 0 Å². The summed E-state index contributed by atoms with van der Waals surface area (Å²) in [5, 5.41) is 0. The third kappa shape index (κ3) is 5.36. The van der Waals surface area contributed by atoms with E-state index in [9.17, 15) is 14.0 Å². The molecule has 1 unspecified atom stereocenters. The predicted octanol–water partition coefficient (Wildman–Crippen LogP) is 3.94. The highest BCUT2D eigenvalue weighted by atomic mass is 19.1. The Morgan fingerprint density at radius 2 is 1.64 bits per heavy atom. The lowest BCUT2D eigenvalue weighted by Crippen LogP contribution is -2.26. The summed E-state index contributed by atoms with van der Waals surface area (Å²) in [6.07, 6.45) is 1.66. The summed E-state index contributed by atoms with van der Waals surface area (Å²) >= 11 is 0. The first-order valence-electron chi connectivity index (χ1n) is 7.86. The molecule has 2 aromatic rings. The summed E-state index contributed by atoms with van der Waals surface area (Å²) in [6, 6.07) is 11.5. The fourth-order valence-corrected chi connectivity index (χ4v) is 2.04. The molecule has 4 nitrogen and oxygen atoms in total. The molecule has 0 spiro atoms. The first-order valence-corrected chi connectivity index (χ1v) is 7.86. The Balaban J connectivity index is 1.97. The van der Waals surface area contributed by atoms with Gasteiger partial charge in [0.05, 0.1) is 6.61 Å². The van der Waals surface area contributed by atoms with Gasteiger partial charge in [-0.3, -0.25) is 4.79 Å². The second-order valence-corrected chi connectivity index (χ2v) is 5.37. The monoisotopic (exact) mass is 342 g/mol. The van der Waals surface area contributed by atoms with E-state index in [0.29, 0.717) is 29.9 Å². The highest BCUT2D eigenvalue weighted by Crippen LogP contribution is 2.16. The molecule has 5 heteroatoms. The smallest absolute Gasteiger partial charge is 0.340 e. The van der Waals surface area contributed by atoms with E-state index in [-0.39, 0.29) is 5.78 Å². The van der Waals surface area contributed by atoms with E-state index < -0.39 is 17.9 Å². The number of halogens is 1. The van der Waals surface area contributed by atoms with Crippen molar-refractivity contribution in [3.63, 3.8) is 0 Å².